The number of hydrogen-bond donors (Lipinski definition) is 2. The first-order valence-corrected chi connectivity index (χ1v) is 13.8. The molecule has 2 aromatic rings. The van der Waals surface area contributed by atoms with Gasteiger partial charge in [-0.3, -0.25) is 0 Å². The van der Waals surface area contributed by atoms with Crippen LogP contribution in [0.4, 0.5) is 16.3 Å². The van der Waals surface area contributed by atoms with Crippen LogP contribution < -0.4 is 15.5 Å². The Morgan fingerprint density at radius 3 is 2.57 bits per heavy atom. The lowest BCUT2D eigenvalue weighted by Crippen LogP contribution is -2.55. The fourth-order valence-corrected chi connectivity index (χ4v) is 7.01. The number of amides is 1. The fourth-order valence-electron chi connectivity index (χ4n) is 7.01. The van der Waals surface area contributed by atoms with Crippen molar-refractivity contribution in [2.75, 3.05) is 18.0 Å². The second kappa shape index (κ2) is 9.26. The molecule has 7 heteroatoms. The van der Waals surface area contributed by atoms with Gasteiger partial charge in [-0.1, -0.05) is 39.8 Å². The molecule has 1 saturated heterocycles. The van der Waals surface area contributed by atoms with Crippen LogP contribution in [-0.2, 0) is 23.1 Å². The van der Waals surface area contributed by atoms with Crippen LogP contribution in [0.2, 0.25) is 0 Å². The highest BCUT2D eigenvalue weighted by Gasteiger charge is 2.56. The van der Waals surface area contributed by atoms with Crippen molar-refractivity contribution in [2.24, 2.45) is 5.41 Å². The zero-order chi connectivity index (χ0) is 26.6. The molecule has 0 bridgehead atoms. The molecule has 1 aliphatic carbocycles. The average molecular weight is 506 g/mol. The molecule has 1 spiro atoms. The van der Waals surface area contributed by atoms with E-state index in [0.717, 1.165) is 50.2 Å². The summed E-state index contributed by atoms with van der Waals surface area (Å²) in [5, 5.41) is 6.56. The maximum absolute atomic E-state index is 12.4. The summed E-state index contributed by atoms with van der Waals surface area (Å²) in [5.74, 6) is 1.54. The van der Waals surface area contributed by atoms with Crippen LogP contribution in [0, 0.1) is 5.41 Å². The van der Waals surface area contributed by atoms with Crippen molar-refractivity contribution in [3.63, 3.8) is 0 Å². The van der Waals surface area contributed by atoms with Crippen molar-refractivity contribution < 1.29 is 9.53 Å². The first kappa shape index (κ1) is 26.0. The summed E-state index contributed by atoms with van der Waals surface area (Å²) in [6, 6.07) is 7.00. The minimum atomic E-state index is -0.517. The van der Waals surface area contributed by atoms with E-state index < -0.39 is 5.60 Å². The summed E-state index contributed by atoms with van der Waals surface area (Å²) in [7, 11) is 0. The molecule has 37 heavy (non-hydrogen) atoms. The van der Waals surface area contributed by atoms with Crippen molar-refractivity contribution in [2.45, 2.75) is 104 Å². The zero-order valence-corrected chi connectivity index (χ0v) is 23.6. The number of hydrogen-bond acceptors (Lipinski definition) is 6. The number of rotatable bonds is 3. The van der Waals surface area contributed by atoms with E-state index >= 15 is 0 Å². The Morgan fingerprint density at radius 2 is 1.89 bits per heavy atom. The lowest BCUT2D eigenvalue weighted by molar-refractivity contribution is 0.0523. The topological polar surface area (TPSA) is 79.4 Å². The molecule has 5 rings (SSSR count). The molecule has 2 atom stereocenters. The van der Waals surface area contributed by atoms with Gasteiger partial charge in [-0.15, -0.1) is 0 Å². The van der Waals surface area contributed by atoms with E-state index in [1.807, 2.05) is 20.8 Å². The predicted molar refractivity (Wildman–Crippen MR) is 147 cm³/mol. The molecular formula is C30H43N5O2. The van der Waals surface area contributed by atoms with E-state index in [0.29, 0.717) is 12.5 Å². The number of alkyl carbamates (subject to hydrolysis) is 1. The highest BCUT2D eigenvalue weighted by atomic mass is 16.6. The number of carbonyl (C=O) groups is 1. The Hall–Kier alpha value is -2.67. The molecule has 200 valence electrons. The van der Waals surface area contributed by atoms with Gasteiger partial charge in [0.25, 0.3) is 0 Å². The lowest BCUT2D eigenvalue weighted by atomic mass is 9.62. The Kier molecular flexibility index (Phi) is 6.50. The number of piperidine rings is 1. The first-order chi connectivity index (χ1) is 17.4. The molecular weight excluding hydrogens is 462 g/mol. The number of nitrogens with zero attached hydrogens (tertiary/aromatic N) is 3. The van der Waals surface area contributed by atoms with Crippen LogP contribution in [-0.4, -0.2) is 40.8 Å². The lowest BCUT2D eigenvalue weighted by Gasteiger charge is -2.48. The van der Waals surface area contributed by atoms with Gasteiger partial charge < -0.3 is 20.3 Å². The van der Waals surface area contributed by atoms with Crippen LogP contribution in [0.1, 0.15) is 96.0 Å². The molecule has 1 aromatic carbocycles. The third kappa shape index (κ3) is 4.71. The van der Waals surface area contributed by atoms with Crippen LogP contribution in [0.5, 0.6) is 0 Å². The number of nitrogens with one attached hydrogen (secondary N) is 2. The fraction of sp³-hybridized carbons (Fsp3) is 0.633. The van der Waals surface area contributed by atoms with Gasteiger partial charge in [-0.05, 0) is 88.1 Å². The van der Waals surface area contributed by atoms with Gasteiger partial charge in [0.15, 0.2) is 0 Å². The van der Waals surface area contributed by atoms with Gasteiger partial charge in [-0.2, -0.15) is 0 Å². The maximum Gasteiger partial charge on any atom is 0.407 e. The van der Waals surface area contributed by atoms with Crippen LogP contribution in [0.15, 0.2) is 24.5 Å². The van der Waals surface area contributed by atoms with Gasteiger partial charge in [0.2, 0.25) is 0 Å². The Morgan fingerprint density at radius 1 is 1.16 bits per heavy atom. The maximum atomic E-state index is 12.4. The molecule has 2 aliphatic heterocycles. The molecule has 7 nitrogen and oxygen atoms in total. The quantitative estimate of drug-likeness (QED) is 0.554. The number of carbonyl (C=O) groups excluding carboxylic acids is 1. The molecule has 3 heterocycles. The molecule has 1 fully saturated rings. The van der Waals surface area contributed by atoms with Crippen molar-refractivity contribution >= 4 is 17.6 Å². The summed E-state index contributed by atoms with van der Waals surface area (Å²) in [6.45, 7) is 17.5. The third-order valence-electron chi connectivity index (χ3n) is 8.27. The molecule has 0 saturated carbocycles. The minimum Gasteiger partial charge on any atom is -0.444 e. The molecule has 1 unspecified atom stereocenters. The van der Waals surface area contributed by atoms with E-state index in [1.54, 1.807) is 6.33 Å². The van der Waals surface area contributed by atoms with Crippen molar-refractivity contribution in [1.82, 2.24) is 20.6 Å². The summed E-state index contributed by atoms with van der Waals surface area (Å²) < 4.78 is 5.47. The van der Waals surface area contributed by atoms with Crippen LogP contribution in [0.25, 0.3) is 0 Å². The number of fused-ring (bicyclic) bond motifs is 3. The van der Waals surface area contributed by atoms with Crippen molar-refractivity contribution in [3.8, 4) is 0 Å². The monoisotopic (exact) mass is 505 g/mol. The van der Waals surface area contributed by atoms with E-state index in [2.05, 4.69) is 66.4 Å². The summed E-state index contributed by atoms with van der Waals surface area (Å²) >= 11 is 0. The number of aromatic nitrogens is 2. The zero-order valence-electron chi connectivity index (χ0n) is 23.6. The molecule has 0 radical (unpaired) electrons. The van der Waals surface area contributed by atoms with Gasteiger partial charge >= 0.3 is 6.09 Å². The van der Waals surface area contributed by atoms with E-state index in [-0.39, 0.29) is 23.0 Å². The second-order valence-electron chi connectivity index (χ2n) is 13.2. The first-order valence-electron chi connectivity index (χ1n) is 13.8. The predicted octanol–water partition coefficient (Wildman–Crippen LogP) is 5.74. The average Bonchev–Trinajstić information content (AvgIpc) is 3.33. The number of anilines is 2. The van der Waals surface area contributed by atoms with Crippen molar-refractivity contribution in [3.05, 3.63) is 46.9 Å². The van der Waals surface area contributed by atoms with Gasteiger partial charge in [0.1, 0.15) is 17.7 Å². The molecule has 1 aromatic heterocycles. The molecule has 2 N–H and O–H groups in total. The second-order valence-corrected chi connectivity index (χ2v) is 13.2. The summed E-state index contributed by atoms with van der Waals surface area (Å²) in [4.78, 5) is 24.6. The molecule has 1 amide bonds. The van der Waals surface area contributed by atoms with E-state index in [4.69, 9.17) is 9.72 Å². The third-order valence-corrected chi connectivity index (χ3v) is 8.27. The Balaban J connectivity index is 1.60. The highest BCUT2D eigenvalue weighted by Crippen LogP contribution is 2.58. The number of benzene rings is 1. The van der Waals surface area contributed by atoms with E-state index in [1.165, 1.54) is 22.5 Å². The normalized spacial score (nSPS) is 22.6. The van der Waals surface area contributed by atoms with E-state index in [9.17, 15) is 4.79 Å². The summed E-state index contributed by atoms with van der Waals surface area (Å²) in [5.41, 5.74) is 5.76. The SMILES string of the molecule is CC1CCc2ncnc(N3c4ccc(CNC(=O)OC(C)(C)C)cc4C4(CCNCC4)[C@H]3C(C)(C)C)c21. The molecule has 3 aliphatic rings. The number of ether oxygens (including phenoxy) is 1. The van der Waals surface area contributed by atoms with Crippen LogP contribution in [0.3, 0.4) is 0 Å². The Labute approximate surface area is 221 Å². The number of aryl methyl sites for hydroxylation is 1. The highest BCUT2D eigenvalue weighted by molar-refractivity contribution is 5.76. The summed E-state index contributed by atoms with van der Waals surface area (Å²) in [6.07, 6.45) is 5.68. The Bertz CT molecular complexity index is 1170. The van der Waals surface area contributed by atoms with Gasteiger partial charge in [0.05, 0.1) is 6.04 Å². The van der Waals surface area contributed by atoms with Crippen LogP contribution >= 0.6 is 0 Å². The van der Waals surface area contributed by atoms with Crippen molar-refractivity contribution in [1.29, 1.82) is 0 Å². The van der Waals surface area contributed by atoms with Gasteiger partial charge in [-0.25, -0.2) is 14.8 Å². The standard InChI is InChI=1S/C30H43N5O2/c1-19-8-10-22-24(19)25(34-18-33-22)35-23-11-9-20(17-32-27(36)37-29(5,6)7)16-21(23)30(12-14-31-15-13-30)26(35)28(2,3)4/h9,11,16,18-19,26,31H,8,10,12-15,17H2,1-7H3,(H,32,36)/t19?,26-/m1/s1. The largest absolute Gasteiger partial charge is 0.444 e. The minimum absolute atomic E-state index is 0.000434. The van der Waals surface area contributed by atoms with Gasteiger partial charge in [0, 0.05) is 28.9 Å². The smallest absolute Gasteiger partial charge is 0.407 e.